The third-order valence-electron chi connectivity index (χ3n) is 7.12. The zero-order valence-corrected chi connectivity index (χ0v) is 18.8. The van der Waals surface area contributed by atoms with Crippen LogP contribution in [0.1, 0.15) is 12.5 Å². The van der Waals surface area contributed by atoms with Gasteiger partial charge in [-0.15, -0.1) is 0 Å². The van der Waals surface area contributed by atoms with E-state index < -0.39 is 78.9 Å². The Morgan fingerprint density at radius 3 is 2.57 bits per heavy atom. The molecule has 11 heteroatoms. The molecule has 5 N–H and O–H groups in total. The van der Waals surface area contributed by atoms with Gasteiger partial charge in [-0.3, -0.25) is 0 Å². The van der Waals surface area contributed by atoms with Crippen molar-refractivity contribution in [3.05, 3.63) is 54.3 Å². The van der Waals surface area contributed by atoms with E-state index in [9.17, 15) is 30.3 Å². The van der Waals surface area contributed by atoms with E-state index in [1.807, 2.05) is 18.2 Å². The predicted octanol–water partition coefficient (Wildman–Crippen LogP) is -1.18. The van der Waals surface area contributed by atoms with Crippen LogP contribution >= 0.6 is 0 Å². The maximum absolute atomic E-state index is 12.1. The molecule has 35 heavy (non-hydrogen) atoms. The van der Waals surface area contributed by atoms with Crippen LogP contribution in [0.25, 0.3) is 6.08 Å². The van der Waals surface area contributed by atoms with Crippen LogP contribution in [-0.4, -0.2) is 98.5 Å². The Kier molecular flexibility index (Phi) is 6.22. The molecule has 3 fully saturated rings. The largest absolute Gasteiger partial charge is 0.472 e. The summed E-state index contributed by atoms with van der Waals surface area (Å²) >= 11 is 0. The molecule has 3 heterocycles. The summed E-state index contributed by atoms with van der Waals surface area (Å²) in [4.78, 5) is 12.1. The van der Waals surface area contributed by atoms with Gasteiger partial charge in [-0.25, -0.2) is 4.79 Å². The number of hydrogen-bond donors (Lipinski definition) is 5. The number of epoxide rings is 1. The number of rotatable bonds is 6. The quantitative estimate of drug-likeness (QED) is 0.184. The van der Waals surface area contributed by atoms with Crippen molar-refractivity contribution >= 4 is 12.0 Å². The van der Waals surface area contributed by atoms with Crippen molar-refractivity contribution in [2.45, 2.75) is 67.3 Å². The zero-order chi connectivity index (χ0) is 25.0. The van der Waals surface area contributed by atoms with Gasteiger partial charge in [0.15, 0.2) is 6.29 Å². The molecule has 1 aromatic rings. The smallest absolute Gasteiger partial charge is 0.330 e. The SMILES string of the molecule is C[C@]12O[C@H]1[C@@H](O)[C@]1(O)C=CO[C@@H](O[C@H]3O[C@H](COC(=O)C=Cc4ccccc4)[C@@H](O)[C@H](O)[C@H]3O)[C@@H]12. The van der Waals surface area contributed by atoms with Gasteiger partial charge in [0.2, 0.25) is 6.29 Å². The van der Waals surface area contributed by atoms with E-state index >= 15 is 0 Å². The van der Waals surface area contributed by atoms with Crippen molar-refractivity contribution < 1.29 is 54.0 Å². The first-order chi connectivity index (χ1) is 16.6. The van der Waals surface area contributed by atoms with Crippen molar-refractivity contribution in [2.75, 3.05) is 6.61 Å². The van der Waals surface area contributed by atoms with Crippen LogP contribution in [0.15, 0.2) is 48.7 Å². The van der Waals surface area contributed by atoms with Crippen LogP contribution in [0.4, 0.5) is 0 Å². The first-order valence-corrected chi connectivity index (χ1v) is 11.3. The molecule has 0 aromatic heterocycles. The molecule has 0 bridgehead atoms. The van der Waals surface area contributed by atoms with E-state index in [4.69, 9.17) is 23.7 Å². The molecular formula is C24H28O11. The molecule has 0 amide bonds. The molecule has 0 spiro atoms. The number of aliphatic hydroxyl groups is 5. The molecule has 11 atom stereocenters. The highest BCUT2D eigenvalue weighted by Gasteiger charge is 2.79. The van der Waals surface area contributed by atoms with E-state index in [0.717, 1.165) is 5.56 Å². The van der Waals surface area contributed by atoms with Crippen LogP contribution in [-0.2, 0) is 28.5 Å². The molecule has 1 aliphatic carbocycles. The molecule has 1 aromatic carbocycles. The van der Waals surface area contributed by atoms with Gasteiger partial charge in [0, 0.05) is 6.08 Å². The number of carbonyl (C=O) groups excluding carboxylic acids is 1. The highest BCUT2D eigenvalue weighted by molar-refractivity contribution is 5.87. The van der Waals surface area contributed by atoms with Crippen molar-refractivity contribution in [1.29, 1.82) is 0 Å². The molecule has 5 rings (SSSR count). The highest BCUT2D eigenvalue weighted by atomic mass is 16.8. The zero-order valence-electron chi connectivity index (χ0n) is 18.8. The average molecular weight is 492 g/mol. The molecule has 0 unspecified atom stereocenters. The predicted molar refractivity (Wildman–Crippen MR) is 116 cm³/mol. The molecule has 11 nitrogen and oxygen atoms in total. The summed E-state index contributed by atoms with van der Waals surface area (Å²) in [6.07, 6.45) is -5.40. The number of hydrogen-bond acceptors (Lipinski definition) is 11. The van der Waals surface area contributed by atoms with Crippen LogP contribution in [0.5, 0.6) is 0 Å². The summed E-state index contributed by atoms with van der Waals surface area (Å²) in [6, 6.07) is 9.09. The van der Waals surface area contributed by atoms with Crippen LogP contribution in [0.3, 0.4) is 0 Å². The van der Waals surface area contributed by atoms with Crippen molar-refractivity contribution in [2.24, 2.45) is 5.92 Å². The van der Waals surface area contributed by atoms with E-state index in [2.05, 4.69) is 0 Å². The monoisotopic (exact) mass is 492 g/mol. The second kappa shape index (κ2) is 8.95. The fourth-order valence-corrected chi connectivity index (χ4v) is 5.10. The highest BCUT2D eigenvalue weighted by Crippen LogP contribution is 2.61. The van der Waals surface area contributed by atoms with Gasteiger partial charge in [0.05, 0.1) is 12.2 Å². The molecule has 0 radical (unpaired) electrons. The molecule has 4 aliphatic rings. The normalized spacial score (nSPS) is 46.1. The van der Waals surface area contributed by atoms with Gasteiger partial charge in [-0.2, -0.15) is 0 Å². The summed E-state index contributed by atoms with van der Waals surface area (Å²) in [5.74, 6) is -1.56. The number of esters is 1. The lowest BCUT2D eigenvalue weighted by Crippen LogP contribution is -2.62. The van der Waals surface area contributed by atoms with E-state index in [1.165, 1.54) is 18.4 Å². The van der Waals surface area contributed by atoms with Gasteiger partial charge in [-0.1, -0.05) is 30.3 Å². The number of aliphatic hydroxyl groups excluding tert-OH is 4. The Labute approximate surface area is 200 Å². The summed E-state index contributed by atoms with van der Waals surface area (Å²) in [6.45, 7) is 1.27. The van der Waals surface area contributed by atoms with Gasteiger partial charge in [0.1, 0.15) is 54.4 Å². The molecule has 3 aliphatic heterocycles. The Morgan fingerprint density at radius 1 is 1.09 bits per heavy atom. The van der Waals surface area contributed by atoms with Crippen LogP contribution < -0.4 is 0 Å². The summed E-state index contributed by atoms with van der Waals surface area (Å²) in [7, 11) is 0. The first-order valence-electron chi connectivity index (χ1n) is 11.3. The fourth-order valence-electron chi connectivity index (χ4n) is 5.10. The number of carbonyl (C=O) groups is 1. The summed E-state index contributed by atoms with van der Waals surface area (Å²) in [5, 5.41) is 52.6. The van der Waals surface area contributed by atoms with Crippen molar-refractivity contribution in [3.63, 3.8) is 0 Å². The van der Waals surface area contributed by atoms with Gasteiger partial charge >= 0.3 is 5.97 Å². The van der Waals surface area contributed by atoms with Crippen LogP contribution in [0.2, 0.25) is 0 Å². The van der Waals surface area contributed by atoms with E-state index in [0.29, 0.717) is 0 Å². The Bertz CT molecular complexity index is 998. The maximum Gasteiger partial charge on any atom is 0.330 e. The molecule has 190 valence electrons. The van der Waals surface area contributed by atoms with E-state index in [-0.39, 0.29) is 0 Å². The molecule has 2 saturated heterocycles. The van der Waals surface area contributed by atoms with Gasteiger partial charge in [-0.05, 0) is 24.6 Å². The van der Waals surface area contributed by atoms with Crippen molar-refractivity contribution in [3.8, 4) is 0 Å². The fraction of sp³-hybridized carbons (Fsp3) is 0.542. The number of benzene rings is 1. The second-order valence-electron chi connectivity index (χ2n) is 9.36. The van der Waals surface area contributed by atoms with E-state index in [1.54, 1.807) is 25.1 Å². The topological polar surface area (TPSA) is 168 Å². The van der Waals surface area contributed by atoms with Crippen molar-refractivity contribution in [1.82, 2.24) is 0 Å². The second-order valence-corrected chi connectivity index (χ2v) is 9.36. The Hall–Kier alpha value is -2.35. The minimum Gasteiger partial charge on any atom is -0.472 e. The lowest BCUT2D eigenvalue weighted by Gasteiger charge is -2.45. The standard InChI is InChI=1S/C24H28O11/c1-23-18-22(31-10-9-24(18,30)19(29)20(23)35-23)34-21-17(28)16(27)15(26)13(33-21)11-32-14(25)8-7-12-5-3-2-4-6-12/h2-10,13,15-22,26-30H,11H2,1H3/t13-,15-,16+,17-,18-,19-,20+,21-,22+,23-,24+/m1/s1. The lowest BCUT2D eigenvalue weighted by atomic mass is 9.82. The van der Waals surface area contributed by atoms with Crippen LogP contribution in [0, 0.1) is 5.92 Å². The summed E-state index contributed by atoms with van der Waals surface area (Å²) < 4.78 is 27.6. The molecular weight excluding hydrogens is 464 g/mol. The van der Waals surface area contributed by atoms with Gasteiger partial charge in [0.25, 0.3) is 0 Å². The summed E-state index contributed by atoms with van der Waals surface area (Å²) in [5.41, 5.74) is -1.82. The third-order valence-corrected chi connectivity index (χ3v) is 7.12. The first kappa shape index (κ1) is 24.3. The minimum atomic E-state index is -1.68. The Morgan fingerprint density at radius 2 is 1.83 bits per heavy atom. The molecule has 1 saturated carbocycles. The third kappa shape index (κ3) is 4.17. The maximum atomic E-state index is 12.1. The lowest BCUT2D eigenvalue weighted by molar-refractivity contribution is -0.350. The minimum absolute atomic E-state index is 0.427. The number of fused-ring (bicyclic) bond motifs is 3. The number of ether oxygens (including phenoxy) is 5. The average Bonchev–Trinajstić information content (AvgIpc) is 3.49. The van der Waals surface area contributed by atoms with Gasteiger partial charge < -0.3 is 49.2 Å². The Balaban J connectivity index is 1.23.